The van der Waals surface area contributed by atoms with Crippen LogP contribution < -0.4 is 10.6 Å². The molecule has 0 saturated heterocycles. The Morgan fingerprint density at radius 2 is 2.06 bits per heavy atom. The van der Waals surface area contributed by atoms with Gasteiger partial charge >= 0.3 is 0 Å². The van der Waals surface area contributed by atoms with Crippen LogP contribution in [-0.2, 0) is 4.79 Å². The summed E-state index contributed by atoms with van der Waals surface area (Å²) >= 11 is 2.14. The summed E-state index contributed by atoms with van der Waals surface area (Å²) in [6.45, 7) is 5.40. The van der Waals surface area contributed by atoms with Crippen LogP contribution in [0.25, 0.3) is 0 Å². The second-order valence-electron chi connectivity index (χ2n) is 4.10. The normalized spacial score (nSPS) is 10.4. The molecule has 17 heavy (non-hydrogen) atoms. The fourth-order valence-electron chi connectivity index (χ4n) is 1.10. The molecule has 0 bridgehead atoms. The Kier molecular flexibility index (Phi) is 6.17. The van der Waals surface area contributed by atoms with Crippen LogP contribution in [-0.4, -0.2) is 29.0 Å². The van der Waals surface area contributed by atoms with Crippen LogP contribution in [0, 0.1) is 9.49 Å². The van der Waals surface area contributed by atoms with E-state index in [1.165, 1.54) is 0 Å². The fourth-order valence-corrected chi connectivity index (χ4v) is 1.38. The molecule has 5 nitrogen and oxygen atoms in total. The molecule has 0 atom stereocenters. The smallest absolute Gasteiger partial charge is 0.222 e. The van der Waals surface area contributed by atoms with Crippen molar-refractivity contribution >= 4 is 34.4 Å². The Labute approximate surface area is 115 Å². The van der Waals surface area contributed by atoms with Crippen LogP contribution in [0.3, 0.4) is 0 Å². The molecular weight excluding hydrogens is 331 g/mol. The first-order chi connectivity index (χ1) is 8.08. The molecule has 0 spiro atoms. The molecule has 6 heteroatoms. The molecule has 94 valence electrons. The number of carbonyl (C=O) groups is 1. The molecule has 0 fully saturated rings. The van der Waals surface area contributed by atoms with Gasteiger partial charge in [0.05, 0.1) is 0 Å². The minimum atomic E-state index is 0.0525. The molecule has 0 radical (unpaired) electrons. The van der Waals surface area contributed by atoms with Gasteiger partial charge in [-0.25, -0.2) is 9.97 Å². The van der Waals surface area contributed by atoms with Crippen LogP contribution in [0.1, 0.15) is 20.3 Å². The van der Waals surface area contributed by atoms with E-state index in [1.54, 1.807) is 12.4 Å². The first-order valence-corrected chi connectivity index (χ1v) is 6.64. The Balaban J connectivity index is 2.19. The van der Waals surface area contributed by atoms with E-state index in [2.05, 4.69) is 57.0 Å². The number of carbonyl (C=O) groups excluding carboxylic acids is 1. The number of rotatable bonds is 6. The Morgan fingerprint density at radius 1 is 1.41 bits per heavy atom. The third-order valence-corrected chi connectivity index (χ3v) is 2.52. The molecule has 1 amide bonds. The molecule has 0 saturated carbocycles. The highest BCUT2D eigenvalue weighted by Gasteiger charge is 2.02. The average molecular weight is 348 g/mol. The van der Waals surface area contributed by atoms with Crippen molar-refractivity contribution in [2.75, 3.05) is 18.4 Å². The Bertz CT molecular complexity index is 353. The lowest BCUT2D eigenvalue weighted by Gasteiger charge is -2.08. The summed E-state index contributed by atoms with van der Waals surface area (Å²) in [5.74, 6) is 1.09. The van der Waals surface area contributed by atoms with Crippen LogP contribution in [0.2, 0.25) is 0 Å². The van der Waals surface area contributed by atoms with Gasteiger partial charge in [0.2, 0.25) is 11.9 Å². The molecular formula is C11H17IN4O. The van der Waals surface area contributed by atoms with Gasteiger partial charge < -0.3 is 10.6 Å². The van der Waals surface area contributed by atoms with Gasteiger partial charge in [0.15, 0.2) is 0 Å². The van der Waals surface area contributed by atoms with Gasteiger partial charge in [0.1, 0.15) is 0 Å². The molecule has 1 aromatic rings. The number of anilines is 1. The highest BCUT2D eigenvalue weighted by atomic mass is 127. The summed E-state index contributed by atoms with van der Waals surface area (Å²) in [4.78, 5) is 19.6. The standard InChI is InChI=1S/C11H17IN4O/c1-8(2)5-14-10(17)3-4-13-11-15-6-9(12)7-16-11/h6-8H,3-5H2,1-2H3,(H,14,17)(H,13,15,16). The quantitative estimate of drug-likeness (QED) is 0.768. The minimum absolute atomic E-state index is 0.0525. The summed E-state index contributed by atoms with van der Waals surface area (Å²) in [6.07, 6.45) is 3.89. The fraction of sp³-hybridized carbons (Fsp3) is 0.545. The van der Waals surface area contributed by atoms with E-state index in [4.69, 9.17) is 0 Å². The highest BCUT2D eigenvalue weighted by Crippen LogP contribution is 2.02. The summed E-state index contributed by atoms with van der Waals surface area (Å²) in [6, 6.07) is 0. The van der Waals surface area contributed by atoms with Crippen molar-refractivity contribution in [2.24, 2.45) is 5.92 Å². The lowest BCUT2D eigenvalue weighted by Crippen LogP contribution is -2.28. The van der Waals surface area contributed by atoms with Gasteiger partial charge in [0, 0.05) is 35.5 Å². The summed E-state index contributed by atoms with van der Waals surface area (Å²) in [5.41, 5.74) is 0. The lowest BCUT2D eigenvalue weighted by atomic mass is 10.2. The van der Waals surface area contributed by atoms with E-state index in [1.807, 2.05) is 0 Å². The third-order valence-electron chi connectivity index (χ3n) is 1.96. The zero-order valence-electron chi connectivity index (χ0n) is 10.0. The Morgan fingerprint density at radius 3 is 2.65 bits per heavy atom. The van der Waals surface area contributed by atoms with Gasteiger partial charge in [-0.3, -0.25) is 4.79 Å². The van der Waals surface area contributed by atoms with E-state index >= 15 is 0 Å². The minimum Gasteiger partial charge on any atom is -0.356 e. The predicted octanol–water partition coefficient (Wildman–Crippen LogP) is 1.66. The van der Waals surface area contributed by atoms with E-state index in [0.717, 1.165) is 10.1 Å². The number of amides is 1. The average Bonchev–Trinajstić information content (AvgIpc) is 2.29. The summed E-state index contributed by atoms with van der Waals surface area (Å²) in [5, 5.41) is 5.86. The van der Waals surface area contributed by atoms with Crippen molar-refractivity contribution < 1.29 is 4.79 Å². The lowest BCUT2D eigenvalue weighted by molar-refractivity contribution is -0.120. The first-order valence-electron chi connectivity index (χ1n) is 5.56. The number of hydrogen-bond acceptors (Lipinski definition) is 4. The summed E-state index contributed by atoms with van der Waals surface area (Å²) in [7, 11) is 0. The number of halogens is 1. The van der Waals surface area contributed by atoms with Gasteiger partial charge in [-0.2, -0.15) is 0 Å². The van der Waals surface area contributed by atoms with Crippen LogP contribution in [0.4, 0.5) is 5.95 Å². The number of nitrogens with one attached hydrogen (secondary N) is 2. The molecule has 2 N–H and O–H groups in total. The van der Waals surface area contributed by atoms with Crippen molar-refractivity contribution in [1.29, 1.82) is 0 Å². The van der Waals surface area contributed by atoms with Gasteiger partial charge in [-0.05, 0) is 28.5 Å². The zero-order chi connectivity index (χ0) is 12.7. The second-order valence-corrected chi connectivity index (χ2v) is 5.35. The highest BCUT2D eigenvalue weighted by molar-refractivity contribution is 14.1. The SMILES string of the molecule is CC(C)CNC(=O)CCNc1ncc(I)cn1. The molecule has 0 aliphatic heterocycles. The summed E-state index contributed by atoms with van der Waals surface area (Å²) < 4.78 is 0.989. The molecule has 0 aliphatic rings. The second kappa shape index (κ2) is 7.41. The maximum atomic E-state index is 11.4. The predicted molar refractivity (Wildman–Crippen MR) is 75.7 cm³/mol. The van der Waals surface area contributed by atoms with Crippen molar-refractivity contribution in [3.8, 4) is 0 Å². The maximum Gasteiger partial charge on any atom is 0.222 e. The zero-order valence-corrected chi connectivity index (χ0v) is 12.2. The van der Waals surface area contributed by atoms with Gasteiger partial charge in [0.25, 0.3) is 0 Å². The monoisotopic (exact) mass is 348 g/mol. The van der Waals surface area contributed by atoms with E-state index in [9.17, 15) is 4.79 Å². The van der Waals surface area contributed by atoms with Crippen molar-refractivity contribution in [2.45, 2.75) is 20.3 Å². The molecule has 1 aromatic heterocycles. The van der Waals surface area contributed by atoms with E-state index in [-0.39, 0.29) is 5.91 Å². The third kappa shape index (κ3) is 6.40. The van der Waals surface area contributed by atoms with E-state index in [0.29, 0.717) is 24.8 Å². The van der Waals surface area contributed by atoms with Crippen molar-refractivity contribution in [3.63, 3.8) is 0 Å². The van der Waals surface area contributed by atoms with Crippen LogP contribution >= 0.6 is 22.6 Å². The molecule has 0 aliphatic carbocycles. The van der Waals surface area contributed by atoms with Crippen LogP contribution in [0.15, 0.2) is 12.4 Å². The van der Waals surface area contributed by atoms with Gasteiger partial charge in [-0.1, -0.05) is 13.8 Å². The van der Waals surface area contributed by atoms with Crippen molar-refractivity contribution in [1.82, 2.24) is 15.3 Å². The number of hydrogen-bond donors (Lipinski definition) is 2. The van der Waals surface area contributed by atoms with Gasteiger partial charge in [-0.15, -0.1) is 0 Å². The first kappa shape index (κ1) is 14.1. The number of nitrogens with zero attached hydrogens (tertiary/aromatic N) is 2. The topological polar surface area (TPSA) is 66.9 Å². The van der Waals surface area contributed by atoms with E-state index < -0.39 is 0 Å². The molecule has 0 unspecified atom stereocenters. The number of aromatic nitrogens is 2. The van der Waals surface area contributed by atoms with Crippen molar-refractivity contribution in [3.05, 3.63) is 16.0 Å². The molecule has 0 aromatic carbocycles. The largest absolute Gasteiger partial charge is 0.356 e. The maximum absolute atomic E-state index is 11.4. The Hall–Kier alpha value is -0.920. The molecule has 1 rings (SSSR count). The van der Waals surface area contributed by atoms with Crippen LogP contribution in [0.5, 0.6) is 0 Å². The molecule has 1 heterocycles.